The van der Waals surface area contributed by atoms with Crippen LogP contribution in [0.5, 0.6) is 5.75 Å². The van der Waals surface area contributed by atoms with E-state index in [1.807, 2.05) is 37.4 Å². The van der Waals surface area contributed by atoms with Crippen LogP contribution in [0.1, 0.15) is 5.76 Å². The van der Waals surface area contributed by atoms with E-state index in [9.17, 15) is 0 Å². The molecule has 16 heavy (non-hydrogen) atoms. The van der Waals surface area contributed by atoms with Gasteiger partial charge in [0.05, 0.1) is 5.39 Å². The fourth-order valence-corrected chi connectivity index (χ4v) is 1.49. The van der Waals surface area contributed by atoms with E-state index in [0.717, 1.165) is 11.9 Å². The number of para-hydroxylation sites is 1. The molecule has 0 atom stereocenters. The summed E-state index contributed by atoms with van der Waals surface area (Å²) in [5, 5.41) is 12.8. The maximum Gasteiger partial charge on any atom is 0.246 e. The topological polar surface area (TPSA) is 58.2 Å². The lowest BCUT2D eigenvalue weighted by atomic mass is 10.2. The maximum atomic E-state index is 8.94. The number of hydrogen-bond acceptors (Lipinski definition) is 4. The number of hydrogen-bond donors (Lipinski definition) is 1. The zero-order valence-electron chi connectivity index (χ0n) is 8.99. The summed E-state index contributed by atoms with van der Waals surface area (Å²) in [7, 11) is 1.85. The molecule has 4 heteroatoms. The minimum absolute atomic E-state index is 0.234. The first-order chi connectivity index (χ1) is 7.86. The van der Waals surface area contributed by atoms with Gasteiger partial charge in [-0.15, -0.1) is 0 Å². The second kappa shape index (κ2) is 4.69. The summed E-state index contributed by atoms with van der Waals surface area (Å²) < 4.78 is 10.9. The average molecular weight is 216 g/mol. The smallest absolute Gasteiger partial charge is 0.246 e. The Hall–Kier alpha value is -1.99. The molecular weight excluding hydrogens is 204 g/mol. The third kappa shape index (κ3) is 1.86. The number of nitrogens with one attached hydrogen (secondary N) is 1. The molecule has 0 bridgehead atoms. The first-order valence-electron chi connectivity index (χ1n) is 5.06. The summed E-state index contributed by atoms with van der Waals surface area (Å²) in [5.41, 5.74) is 0.679. The van der Waals surface area contributed by atoms with Crippen molar-refractivity contribution in [2.45, 2.75) is 0 Å². The molecule has 0 spiro atoms. The summed E-state index contributed by atoms with van der Waals surface area (Å²) in [6.45, 7) is 1.24. The van der Waals surface area contributed by atoms with E-state index < -0.39 is 0 Å². The first-order valence-corrected chi connectivity index (χ1v) is 5.06. The highest BCUT2D eigenvalue weighted by Gasteiger charge is 2.14. The van der Waals surface area contributed by atoms with Crippen LogP contribution in [0.15, 0.2) is 28.7 Å². The van der Waals surface area contributed by atoms with Crippen molar-refractivity contribution in [2.75, 3.05) is 20.2 Å². The summed E-state index contributed by atoms with van der Waals surface area (Å²) in [5.74, 6) is 0.769. The molecule has 0 unspecified atom stereocenters. The van der Waals surface area contributed by atoms with Crippen LogP contribution >= 0.6 is 0 Å². The molecule has 82 valence electrons. The van der Waals surface area contributed by atoms with Gasteiger partial charge in [0, 0.05) is 6.54 Å². The number of ether oxygens (including phenoxy) is 1. The fraction of sp³-hybridized carbons (Fsp3) is 0.250. The number of nitrogens with zero attached hydrogens (tertiary/aromatic N) is 1. The van der Waals surface area contributed by atoms with Gasteiger partial charge in [-0.25, -0.2) is 0 Å². The van der Waals surface area contributed by atoms with Gasteiger partial charge in [-0.3, -0.25) is 0 Å². The molecule has 0 aliphatic carbocycles. The van der Waals surface area contributed by atoms with Crippen molar-refractivity contribution in [1.29, 1.82) is 5.26 Å². The lowest BCUT2D eigenvalue weighted by Crippen LogP contribution is -2.16. The average Bonchev–Trinajstić information content (AvgIpc) is 2.68. The van der Waals surface area contributed by atoms with Gasteiger partial charge in [0.2, 0.25) is 5.76 Å². The molecule has 1 aromatic carbocycles. The molecule has 0 saturated carbocycles. The van der Waals surface area contributed by atoms with Crippen LogP contribution in [-0.2, 0) is 0 Å². The van der Waals surface area contributed by atoms with Crippen LogP contribution < -0.4 is 10.1 Å². The number of fused-ring (bicyclic) bond motifs is 1. The minimum atomic E-state index is 0.234. The minimum Gasteiger partial charge on any atom is -0.487 e. The number of nitriles is 1. The standard InChI is InChI=1S/C12H12N2O2/c1-14-6-7-15-12-9-4-2-3-5-10(9)16-11(12)8-13/h2-5,14H,6-7H2,1H3. The van der Waals surface area contributed by atoms with E-state index in [1.165, 1.54) is 0 Å². The van der Waals surface area contributed by atoms with Gasteiger partial charge in [0.1, 0.15) is 18.3 Å². The lowest BCUT2D eigenvalue weighted by molar-refractivity contribution is 0.315. The molecule has 4 nitrogen and oxygen atoms in total. The zero-order valence-corrected chi connectivity index (χ0v) is 8.99. The Morgan fingerprint density at radius 1 is 1.44 bits per heavy atom. The van der Waals surface area contributed by atoms with Crippen LogP contribution in [0.4, 0.5) is 0 Å². The number of likely N-dealkylation sites (N-methyl/N-ethyl adjacent to an activating group) is 1. The van der Waals surface area contributed by atoms with Gasteiger partial charge in [-0.1, -0.05) is 12.1 Å². The number of rotatable bonds is 4. The van der Waals surface area contributed by atoms with Gasteiger partial charge in [0.15, 0.2) is 5.75 Å². The summed E-state index contributed by atoms with van der Waals surface area (Å²) in [6.07, 6.45) is 0. The molecule has 1 N–H and O–H groups in total. The summed E-state index contributed by atoms with van der Waals surface area (Å²) >= 11 is 0. The second-order valence-electron chi connectivity index (χ2n) is 3.32. The van der Waals surface area contributed by atoms with E-state index in [4.69, 9.17) is 14.4 Å². The predicted octanol–water partition coefficient (Wildman–Crippen LogP) is 1.90. The predicted molar refractivity (Wildman–Crippen MR) is 60.4 cm³/mol. The monoisotopic (exact) mass is 216 g/mol. The van der Waals surface area contributed by atoms with Crippen LogP contribution in [-0.4, -0.2) is 20.2 Å². The highest BCUT2D eigenvalue weighted by Crippen LogP contribution is 2.32. The Kier molecular flexibility index (Phi) is 3.08. The number of furan rings is 1. The van der Waals surface area contributed by atoms with Crippen molar-refractivity contribution < 1.29 is 9.15 Å². The largest absolute Gasteiger partial charge is 0.487 e. The zero-order chi connectivity index (χ0) is 11.4. The van der Waals surface area contributed by atoms with E-state index in [-0.39, 0.29) is 5.76 Å². The molecule has 1 heterocycles. The summed E-state index contributed by atoms with van der Waals surface area (Å²) in [6, 6.07) is 9.46. The maximum absolute atomic E-state index is 8.94. The van der Waals surface area contributed by atoms with Crippen LogP contribution in [0.3, 0.4) is 0 Å². The van der Waals surface area contributed by atoms with Crippen molar-refractivity contribution in [3.63, 3.8) is 0 Å². The third-order valence-corrected chi connectivity index (χ3v) is 2.25. The Labute approximate surface area is 93.4 Å². The normalized spacial score (nSPS) is 10.2. The molecule has 0 saturated heterocycles. The Bertz CT molecular complexity index is 525. The SMILES string of the molecule is CNCCOc1c(C#N)oc2ccccc12. The van der Waals surface area contributed by atoms with Crippen molar-refractivity contribution in [3.05, 3.63) is 30.0 Å². The first kappa shape index (κ1) is 10.5. The quantitative estimate of drug-likeness (QED) is 0.793. The Balaban J connectivity index is 2.37. The molecule has 0 amide bonds. The van der Waals surface area contributed by atoms with Crippen LogP contribution in [0.2, 0.25) is 0 Å². The molecule has 0 radical (unpaired) electrons. The molecule has 1 aromatic heterocycles. The Morgan fingerprint density at radius 3 is 3.00 bits per heavy atom. The molecular formula is C12H12N2O2. The van der Waals surface area contributed by atoms with Gasteiger partial charge in [-0.05, 0) is 19.2 Å². The Morgan fingerprint density at radius 2 is 2.25 bits per heavy atom. The summed E-state index contributed by atoms with van der Waals surface area (Å²) in [4.78, 5) is 0. The van der Waals surface area contributed by atoms with Crippen molar-refractivity contribution >= 4 is 11.0 Å². The second-order valence-corrected chi connectivity index (χ2v) is 3.32. The van der Waals surface area contributed by atoms with Gasteiger partial charge >= 0.3 is 0 Å². The van der Waals surface area contributed by atoms with E-state index in [0.29, 0.717) is 17.9 Å². The van der Waals surface area contributed by atoms with Crippen molar-refractivity contribution in [2.24, 2.45) is 0 Å². The fourth-order valence-electron chi connectivity index (χ4n) is 1.49. The molecule has 0 aliphatic rings. The van der Waals surface area contributed by atoms with Gasteiger partial charge < -0.3 is 14.5 Å². The number of benzene rings is 1. The van der Waals surface area contributed by atoms with Crippen molar-refractivity contribution in [3.8, 4) is 11.8 Å². The third-order valence-electron chi connectivity index (χ3n) is 2.25. The van der Waals surface area contributed by atoms with Gasteiger partial charge in [0.25, 0.3) is 0 Å². The van der Waals surface area contributed by atoms with Crippen LogP contribution in [0.25, 0.3) is 11.0 Å². The highest BCUT2D eigenvalue weighted by atomic mass is 16.5. The molecule has 0 fully saturated rings. The molecule has 2 rings (SSSR count). The van der Waals surface area contributed by atoms with E-state index in [2.05, 4.69) is 5.32 Å². The molecule has 0 aliphatic heterocycles. The lowest BCUT2D eigenvalue weighted by Gasteiger charge is -2.03. The van der Waals surface area contributed by atoms with E-state index in [1.54, 1.807) is 0 Å². The van der Waals surface area contributed by atoms with Crippen molar-refractivity contribution in [1.82, 2.24) is 5.32 Å². The molecule has 2 aromatic rings. The highest BCUT2D eigenvalue weighted by molar-refractivity contribution is 5.86. The van der Waals surface area contributed by atoms with Gasteiger partial charge in [-0.2, -0.15) is 5.26 Å². The van der Waals surface area contributed by atoms with E-state index >= 15 is 0 Å². The van der Waals surface area contributed by atoms with Crippen LogP contribution in [0, 0.1) is 11.3 Å².